The van der Waals surface area contributed by atoms with Gasteiger partial charge in [-0.15, -0.1) is 0 Å². The minimum atomic E-state index is -4.63. The van der Waals surface area contributed by atoms with Crippen molar-refractivity contribution in [1.82, 2.24) is 4.98 Å². The van der Waals surface area contributed by atoms with Crippen LogP contribution in [-0.4, -0.2) is 37.0 Å². The molecule has 0 spiro atoms. The fraction of sp³-hybridized carbons (Fsp3) is 0.368. The van der Waals surface area contributed by atoms with Crippen molar-refractivity contribution in [3.05, 3.63) is 52.7 Å². The van der Waals surface area contributed by atoms with Gasteiger partial charge in [-0.1, -0.05) is 18.5 Å². The van der Waals surface area contributed by atoms with Crippen LogP contribution in [0.4, 0.5) is 19.0 Å². The molecular weight excluding hydrogens is 459 g/mol. The minimum absolute atomic E-state index is 0.0951. The van der Waals surface area contributed by atoms with Gasteiger partial charge in [0.25, 0.3) is 10.1 Å². The zero-order valence-electron chi connectivity index (χ0n) is 16.4. The van der Waals surface area contributed by atoms with Crippen molar-refractivity contribution in [1.29, 1.82) is 0 Å². The van der Waals surface area contributed by atoms with Gasteiger partial charge in [0.2, 0.25) is 5.91 Å². The predicted molar refractivity (Wildman–Crippen MR) is 110 cm³/mol. The molecule has 1 saturated heterocycles. The van der Waals surface area contributed by atoms with Crippen LogP contribution in [0.25, 0.3) is 0 Å². The van der Waals surface area contributed by atoms with E-state index in [1.54, 1.807) is 6.07 Å². The summed E-state index contributed by atoms with van der Waals surface area (Å²) < 4.78 is 67.5. The maximum atomic E-state index is 12.3. The average Bonchev–Trinajstić information content (AvgIpc) is 2.67. The second-order valence-electron chi connectivity index (χ2n) is 7.05. The van der Waals surface area contributed by atoms with E-state index in [1.807, 2.05) is 0 Å². The van der Waals surface area contributed by atoms with Crippen LogP contribution in [0, 0.1) is 5.92 Å². The molecule has 1 aromatic heterocycles. The van der Waals surface area contributed by atoms with E-state index in [9.17, 15) is 26.4 Å². The zero-order chi connectivity index (χ0) is 23.4. The highest BCUT2D eigenvalue weighted by Gasteiger charge is 2.34. The fourth-order valence-corrected chi connectivity index (χ4v) is 3.51. The summed E-state index contributed by atoms with van der Waals surface area (Å²) in [5.74, 6) is 0.377. The summed E-state index contributed by atoms with van der Waals surface area (Å²) in [5.41, 5.74) is 3.08. The lowest BCUT2D eigenvalue weighted by Crippen LogP contribution is -2.33. The third kappa shape index (κ3) is 7.08. The molecule has 0 atom stereocenters. The lowest BCUT2D eigenvalue weighted by molar-refractivity contribution is -0.137. The number of hydrogen-bond acceptors (Lipinski definition) is 5. The summed E-state index contributed by atoms with van der Waals surface area (Å²) in [7, 11) is -4.14. The van der Waals surface area contributed by atoms with E-state index in [0.29, 0.717) is 6.07 Å². The Morgan fingerprint density at radius 3 is 2.29 bits per heavy atom. The maximum Gasteiger partial charge on any atom is 0.417 e. The number of anilines is 1. The van der Waals surface area contributed by atoms with Crippen molar-refractivity contribution < 1.29 is 30.9 Å². The van der Waals surface area contributed by atoms with E-state index in [4.69, 9.17) is 21.9 Å². The average molecular weight is 480 g/mol. The molecule has 1 aliphatic heterocycles. The SMILES string of the molecule is CC1CCN(c2ccc(S(=O)(=O)O)cn2)CC1.NC(=O)c1ccc(Cl)cc1C(F)(F)F. The molecule has 2 aromatic rings. The number of primary amides is 1. The summed E-state index contributed by atoms with van der Waals surface area (Å²) >= 11 is 5.38. The molecule has 0 radical (unpaired) electrons. The quantitative estimate of drug-likeness (QED) is 0.643. The number of alkyl halides is 3. The van der Waals surface area contributed by atoms with E-state index < -0.39 is 33.3 Å². The van der Waals surface area contributed by atoms with Crippen molar-refractivity contribution in [2.45, 2.75) is 30.8 Å². The van der Waals surface area contributed by atoms with Crippen molar-refractivity contribution in [3.63, 3.8) is 0 Å². The second kappa shape index (κ2) is 9.84. The number of amides is 1. The summed E-state index contributed by atoms with van der Waals surface area (Å²) in [5, 5.41) is -0.0951. The van der Waals surface area contributed by atoms with Crippen LogP contribution >= 0.6 is 11.6 Å². The first-order chi connectivity index (χ1) is 14.3. The third-order valence-corrected chi connectivity index (χ3v) is 5.75. The topological polar surface area (TPSA) is 114 Å². The highest BCUT2D eigenvalue weighted by Crippen LogP contribution is 2.33. The van der Waals surface area contributed by atoms with Crippen molar-refractivity contribution >= 4 is 33.4 Å². The number of halogens is 4. The molecule has 0 unspecified atom stereocenters. The van der Waals surface area contributed by atoms with Gasteiger partial charge in [-0.05, 0) is 49.1 Å². The lowest BCUT2D eigenvalue weighted by Gasteiger charge is -2.31. The van der Waals surface area contributed by atoms with Gasteiger partial charge in [0.05, 0.1) is 17.3 Å². The monoisotopic (exact) mass is 479 g/mol. The zero-order valence-corrected chi connectivity index (χ0v) is 18.0. The van der Waals surface area contributed by atoms with Crippen LogP contribution in [0.15, 0.2) is 41.4 Å². The molecular formula is C19H21ClF3N3O4S. The Morgan fingerprint density at radius 2 is 1.84 bits per heavy atom. The number of rotatable bonds is 3. The number of carbonyl (C=O) groups is 1. The summed E-state index contributed by atoms with van der Waals surface area (Å²) in [4.78, 5) is 16.7. The molecule has 12 heteroatoms. The number of nitrogens with zero attached hydrogens (tertiary/aromatic N) is 2. The van der Waals surface area contributed by atoms with Crippen LogP contribution in [0.3, 0.4) is 0 Å². The number of nitrogens with two attached hydrogens (primary N) is 1. The van der Waals surface area contributed by atoms with Crippen LogP contribution in [0.1, 0.15) is 35.7 Å². The summed E-state index contributed by atoms with van der Waals surface area (Å²) in [6.45, 7) is 4.12. The molecule has 7 nitrogen and oxygen atoms in total. The van der Waals surface area contributed by atoms with Gasteiger partial charge in [0.1, 0.15) is 10.7 Å². The molecule has 0 aliphatic carbocycles. The standard InChI is InChI=1S/C11H16N2O3S.C8H5ClF3NO/c1-9-4-6-13(7-5-9)11-3-2-10(8-12-11)17(14,15)16;9-4-1-2-5(7(13)14)6(3-4)8(10,11)12/h2-3,8-9H,4-7H2,1H3,(H,14,15,16);1-3H,(H2,13,14). The van der Waals surface area contributed by atoms with Gasteiger partial charge >= 0.3 is 6.18 Å². The molecule has 0 bridgehead atoms. The Hall–Kier alpha value is -2.37. The molecule has 1 fully saturated rings. The number of piperidine rings is 1. The molecule has 0 saturated carbocycles. The van der Waals surface area contributed by atoms with Gasteiger partial charge in [0.15, 0.2) is 0 Å². The van der Waals surface area contributed by atoms with Crippen LogP contribution in [-0.2, 0) is 16.3 Å². The molecule has 3 rings (SSSR count). The summed E-state index contributed by atoms with van der Waals surface area (Å²) in [6.07, 6.45) is -1.18. The summed E-state index contributed by atoms with van der Waals surface area (Å²) in [6, 6.07) is 5.82. The first kappa shape index (κ1) is 24.9. The Kier molecular flexibility index (Phi) is 7.90. The number of benzene rings is 1. The van der Waals surface area contributed by atoms with Crippen LogP contribution in [0.2, 0.25) is 5.02 Å². The highest BCUT2D eigenvalue weighted by atomic mass is 35.5. The number of aromatic nitrogens is 1. The molecule has 1 aliphatic rings. The largest absolute Gasteiger partial charge is 0.417 e. The molecule has 2 heterocycles. The Labute approximate surface area is 182 Å². The minimum Gasteiger partial charge on any atom is -0.366 e. The van der Waals surface area contributed by atoms with Crippen molar-refractivity contribution in [3.8, 4) is 0 Å². The molecule has 1 aromatic carbocycles. The molecule has 170 valence electrons. The molecule has 31 heavy (non-hydrogen) atoms. The van der Waals surface area contributed by atoms with E-state index in [0.717, 1.165) is 43.7 Å². The Morgan fingerprint density at radius 1 is 1.23 bits per heavy atom. The Balaban J connectivity index is 0.000000225. The van der Waals surface area contributed by atoms with Crippen LogP contribution < -0.4 is 10.6 Å². The second-order valence-corrected chi connectivity index (χ2v) is 8.91. The van der Waals surface area contributed by atoms with Gasteiger partial charge in [-0.2, -0.15) is 21.6 Å². The van der Waals surface area contributed by atoms with Crippen LogP contribution in [0.5, 0.6) is 0 Å². The first-order valence-electron chi connectivity index (χ1n) is 9.14. The third-order valence-electron chi connectivity index (χ3n) is 4.68. The lowest BCUT2D eigenvalue weighted by atomic mass is 9.99. The van der Waals surface area contributed by atoms with Crippen molar-refractivity contribution in [2.24, 2.45) is 11.7 Å². The number of hydrogen-bond donors (Lipinski definition) is 2. The van der Waals surface area contributed by atoms with E-state index in [1.165, 1.54) is 18.3 Å². The fourth-order valence-electron chi connectivity index (χ4n) is 2.92. The first-order valence-corrected chi connectivity index (χ1v) is 11.0. The highest BCUT2D eigenvalue weighted by molar-refractivity contribution is 7.85. The van der Waals surface area contributed by atoms with E-state index >= 15 is 0 Å². The van der Waals surface area contributed by atoms with Crippen molar-refractivity contribution in [2.75, 3.05) is 18.0 Å². The van der Waals surface area contributed by atoms with Gasteiger partial charge < -0.3 is 10.6 Å². The Bertz CT molecular complexity index is 1020. The smallest absolute Gasteiger partial charge is 0.366 e. The predicted octanol–water partition coefficient (Wildman–Crippen LogP) is 4.02. The van der Waals surface area contributed by atoms with E-state index in [2.05, 4.69) is 16.8 Å². The van der Waals surface area contributed by atoms with Gasteiger partial charge in [-0.3, -0.25) is 9.35 Å². The number of pyridine rings is 1. The molecule has 3 N–H and O–H groups in total. The maximum absolute atomic E-state index is 12.3. The van der Waals surface area contributed by atoms with E-state index in [-0.39, 0.29) is 9.92 Å². The van der Waals surface area contributed by atoms with Gasteiger partial charge in [0, 0.05) is 18.1 Å². The molecule has 1 amide bonds. The van der Waals surface area contributed by atoms with Gasteiger partial charge in [-0.25, -0.2) is 4.98 Å². The number of carbonyl (C=O) groups excluding carboxylic acids is 1. The normalized spacial score (nSPS) is 15.2.